The molecule has 0 aliphatic heterocycles. The lowest BCUT2D eigenvalue weighted by molar-refractivity contribution is -0.121. The SMILES string of the molecule is O=C(CCc1nc(-c2ccc(Cl)cc2)no1)NCc1cccc(Cl)c1. The van der Waals surface area contributed by atoms with Gasteiger partial charge in [-0.1, -0.05) is 40.5 Å². The van der Waals surface area contributed by atoms with Gasteiger partial charge in [-0.2, -0.15) is 4.98 Å². The predicted octanol–water partition coefficient (Wildman–Crippen LogP) is 4.29. The predicted molar refractivity (Wildman–Crippen MR) is 96.4 cm³/mol. The number of carbonyl (C=O) groups is 1. The highest BCUT2D eigenvalue weighted by Gasteiger charge is 2.10. The monoisotopic (exact) mass is 375 g/mol. The van der Waals surface area contributed by atoms with Gasteiger partial charge in [-0.3, -0.25) is 4.79 Å². The van der Waals surface area contributed by atoms with E-state index in [0.717, 1.165) is 11.1 Å². The van der Waals surface area contributed by atoms with Crippen LogP contribution in [0.25, 0.3) is 11.4 Å². The van der Waals surface area contributed by atoms with E-state index in [-0.39, 0.29) is 12.3 Å². The van der Waals surface area contributed by atoms with Crippen molar-refractivity contribution in [2.24, 2.45) is 0 Å². The highest BCUT2D eigenvalue weighted by Crippen LogP contribution is 2.19. The Morgan fingerprint density at radius 2 is 1.88 bits per heavy atom. The second kappa shape index (κ2) is 8.14. The molecule has 7 heteroatoms. The van der Waals surface area contributed by atoms with Crippen molar-refractivity contribution >= 4 is 29.1 Å². The van der Waals surface area contributed by atoms with Crippen molar-refractivity contribution in [3.05, 3.63) is 70.0 Å². The number of benzene rings is 2. The molecule has 0 radical (unpaired) electrons. The van der Waals surface area contributed by atoms with Gasteiger partial charge in [0.25, 0.3) is 0 Å². The van der Waals surface area contributed by atoms with Crippen molar-refractivity contribution in [3.8, 4) is 11.4 Å². The standard InChI is InChI=1S/C18H15Cl2N3O2/c19-14-6-4-13(5-7-14)18-22-17(25-23-18)9-8-16(24)21-11-12-2-1-3-15(20)10-12/h1-7,10H,8-9,11H2,(H,21,24). The molecule has 1 N–H and O–H groups in total. The smallest absolute Gasteiger partial charge is 0.227 e. The lowest BCUT2D eigenvalue weighted by atomic mass is 10.2. The van der Waals surface area contributed by atoms with Crippen molar-refractivity contribution in [1.29, 1.82) is 0 Å². The molecule has 5 nitrogen and oxygen atoms in total. The van der Waals surface area contributed by atoms with Gasteiger partial charge in [-0.05, 0) is 42.0 Å². The number of rotatable bonds is 6. The third kappa shape index (κ3) is 5.05. The minimum Gasteiger partial charge on any atom is -0.352 e. The Morgan fingerprint density at radius 1 is 1.08 bits per heavy atom. The Morgan fingerprint density at radius 3 is 2.64 bits per heavy atom. The highest BCUT2D eigenvalue weighted by molar-refractivity contribution is 6.30. The van der Waals surface area contributed by atoms with Crippen LogP contribution in [0.2, 0.25) is 10.0 Å². The number of hydrogen-bond donors (Lipinski definition) is 1. The minimum absolute atomic E-state index is 0.0915. The summed E-state index contributed by atoms with van der Waals surface area (Å²) < 4.78 is 5.19. The van der Waals surface area contributed by atoms with Gasteiger partial charge in [-0.15, -0.1) is 0 Å². The van der Waals surface area contributed by atoms with Crippen molar-refractivity contribution in [2.45, 2.75) is 19.4 Å². The van der Waals surface area contributed by atoms with Crippen LogP contribution in [0.15, 0.2) is 53.1 Å². The van der Waals surface area contributed by atoms with Crippen molar-refractivity contribution < 1.29 is 9.32 Å². The van der Waals surface area contributed by atoms with E-state index in [1.807, 2.05) is 30.3 Å². The molecule has 0 saturated heterocycles. The summed E-state index contributed by atoms with van der Waals surface area (Å²) in [6.07, 6.45) is 0.644. The van der Waals surface area contributed by atoms with Crippen LogP contribution in [0.5, 0.6) is 0 Å². The summed E-state index contributed by atoms with van der Waals surface area (Å²) in [5.74, 6) is 0.806. The number of hydrogen-bond acceptors (Lipinski definition) is 4. The maximum Gasteiger partial charge on any atom is 0.227 e. The molecule has 0 fully saturated rings. The van der Waals surface area contributed by atoms with Crippen LogP contribution in [0.3, 0.4) is 0 Å². The maximum absolute atomic E-state index is 11.9. The number of aryl methyl sites for hydroxylation is 1. The topological polar surface area (TPSA) is 68.0 Å². The number of nitrogens with one attached hydrogen (secondary N) is 1. The Kier molecular flexibility index (Phi) is 5.68. The van der Waals surface area contributed by atoms with Crippen LogP contribution in [-0.2, 0) is 17.8 Å². The van der Waals surface area contributed by atoms with Gasteiger partial charge in [0, 0.05) is 35.0 Å². The molecular formula is C18H15Cl2N3O2. The van der Waals surface area contributed by atoms with E-state index in [1.165, 1.54) is 0 Å². The molecule has 128 valence electrons. The van der Waals surface area contributed by atoms with Crippen LogP contribution < -0.4 is 5.32 Å². The van der Waals surface area contributed by atoms with Gasteiger partial charge in [-0.25, -0.2) is 0 Å². The summed E-state index contributed by atoms with van der Waals surface area (Å²) in [7, 11) is 0. The van der Waals surface area contributed by atoms with Gasteiger partial charge in [0.05, 0.1) is 0 Å². The first-order valence-corrected chi connectivity index (χ1v) is 8.45. The molecule has 3 rings (SSSR count). The largest absolute Gasteiger partial charge is 0.352 e. The second-order valence-electron chi connectivity index (χ2n) is 5.43. The molecular weight excluding hydrogens is 361 g/mol. The van der Waals surface area contributed by atoms with E-state index in [0.29, 0.717) is 34.7 Å². The number of nitrogens with zero attached hydrogens (tertiary/aromatic N) is 2. The molecule has 0 spiro atoms. The van der Waals surface area contributed by atoms with Crippen LogP contribution in [0.4, 0.5) is 0 Å². The summed E-state index contributed by atoms with van der Waals surface area (Å²) in [6.45, 7) is 0.430. The first-order valence-electron chi connectivity index (χ1n) is 7.70. The molecule has 1 aromatic heterocycles. The third-order valence-electron chi connectivity index (χ3n) is 3.52. The molecule has 1 amide bonds. The highest BCUT2D eigenvalue weighted by atomic mass is 35.5. The van der Waals surface area contributed by atoms with Crippen molar-refractivity contribution in [2.75, 3.05) is 0 Å². The normalized spacial score (nSPS) is 10.6. The molecule has 0 unspecified atom stereocenters. The molecule has 0 aliphatic rings. The lowest BCUT2D eigenvalue weighted by Crippen LogP contribution is -2.23. The Labute approximate surface area is 155 Å². The number of halogens is 2. The first kappa shape index (κ1) is 17.5. The Bertz CT molecular complexity index is 863. The average molecular weight is 376 g/mol. The van der Waals surface area contributed by atoms with Crippen molar-refractivity contribution in [1.82, 2.24) is 15.5 Å². The van der Waals surface area contributed by atoms with Gasteiger partial charge >= 0.3 is 0 Å². The molecule has 25 heavy (non-hydrogen) atoms. The Hall–Kier alpha value is -2.37. The van der Waals surface area contributed by atoms with Gasteiger partial charge in [0.2, 0.25) is 17.6 Å². The summed E-state index contributed by atoms with van der Waals surface area (Å²) in [5, 5.41) is 8.05. The van der Waals surface area contributed by atoms with Crippen LogP contribution in [-0.4, -0.2) is 16.0 Å². The summed E-state index contributed by atoms with van der Waals surface area (Å²) in [6, 6.07) is 14.5. The maximum atomic E-state index is 11.9. The summed E-state index contributed by atoms with van der Waals surface area (Å²) in [4.78, 5) is 16.2. The zero-order valence-corrected chi connectivity index (χ0v) is 14.7. The molecule has 1 heterocycles. The fraction of sp³-hybridized carbons (Fsp3) is 0.167. The summed E-state index contributed by atoms with van der Waals surface area (Å²) >= 11 is 11.8. The van der Waals surface area contributed by atoms with E-state index in [2.05, 4.69) is 15.5 Å². The molecule has 2 aromatic carbocycles. The van der Waals surface area contributed by atoms with Gasteiger partial charge in [0.1, 0.15) is 0 Å². The first-order chi connectivity index (χ1) is 12.1. The Balaban J connectivity index is 1.50. The minimum atomic E-state index is -0.0915. The van der Waals surface area contributed by atoms with Gasteiger partial charge < -0.3 is 9.84 Å². The van der Waals surface area contributed by atoms with E-state index < -0.39 is 0 Å². The van der Waals surface area contributed by atoms with Crippen LogP contribution >= 0.6 is 23.2 Å². The zero-order chi connectivity index (χ0) is 17.6. The van der Waals surface area contributed by atoms with Crippen LogP contribution in [0, 0.1) is 0 Å². The quantitative estimate of drug-likeness (QED) is 0.697. The molecule has 3 aromatic rings. The van der Waals surface area contributed by atoms with E-state index >= 15 is 0 Å². The second-order valence-corrected chi connectivity index (χ2v) is 6.30. The van der Waals surface area contributed by atoms with E-state index in [1.54, 1.807) is 18.2 Å². The lowest BCUT2D eigenvalue weighted by Gasteiger charge is -2.04. The summed E-state index contributed by atoms with van der Waals surface area (Å²) in [5.41, 5.74) is 1.76. The fourth-order valence-corrected chi connectivity index (χ4v) is 2.57. The molecule has 0 saturated carbocycles. The van der Waals surface area contributed by atoms with E-state index in [9.17, 15) is 4.79 Å². The zero-order valence-electron chi connectivity index (χ0n) is 13.2. The number of aromatic nitrogens is 2. The van der Waals surface area contributed by atoms with Gasteiger partial charge in [0.15, 0.2) is 0 Å². The van der Waals surface area contributed by atoms with Crippen molar-refractivity contribution in [3.63, 3.8) is 0 Å². The molecule has 0 atom stereocenters. The third-order valence-corrected chi connectivity index (χ3v) is 4.00. The molecule has 0 bridgehead atoms. The van der Waals surface area contributed by atoms with Crippen LogP contribution in [0.1, 0.15) is 17.9 Å². The van der Waals surface area contributed by atoms with E-state index in [4.69, 9.17) is 27.7 Å². The molecule has 0 aliphatic carbocycles. The number of carbonyl (C=O) groups excluding carboxylic acids is 1. The fourth-order valence-electron chi connectivity index (χ4n) is 2.23. The number of amides is 1. The average Bonchev–Trinajstić information content (AvgIpc) is 3.08.